The molecule has 1 amide bonds. The van der Waals surface area contributed by atoms with Crippen molar-refractivity contribution >= 4 is 5.91 Å². The van der Waals surface area contributed by atoms with Crippen LogP contribution in [0, 0.1) is 11.3 Å². The van der Waals surface area contributed by atoms with Gasteiger partial charge in [-0.05, 0) is 24.3 Å². The Bertz CT molecular complexity index is 560. The van der Waals surface area contributed by atoms with Gasteiger partial charge in [-0.25, -0.2) is 0 Å². The van der Waals surface area contributed by atoms with Gasteiger partial charge in [-0.1, -0.05) is 32.0 Å². The monoisotopic (exact) mass is 302 g/mol. The summed E-state index contributed by atoms with van der Waals surface area (Å²) in [5.41, 5.74) is 1.32. The molecule has 4 heteroatoms. The van der Waals surface area contributed by atoms with Crippen molar-refractivity contribution in [1.82, 2.24) is 10.2 Å². The average Bonchev–Trinajstić information content (AvgIpc) is 3.26. The second-order valence-corrected chi connectivity index (χ2v) is 6.76. The lowest BCUT2D eigenvalue weighted by Gasteiger charge is -2.37. The lowest BCUT2D eigenvalue weighted by molar-refractivity contribution is -0.136. The Morgan fingerprint density at radius 3 is 2.91 bits per heavy atom. The Kier molecular flexibility index (Phi) is 4.13. The molecule has 3 unspecified atom stereocenters. The highest BCUT2D eigenvalue weighted by Crippen LogP contribution is 2.56. The molecule has 2 aliphatic rings. The van der Waals surface area contributed by atoms with E-state index in [1.807, 2.05) is 18.2 Å². The number of methoxy groups -OCH3 is 1. The first-order valence-electron chi connectivity index (χ1n) is 8.25. The molecular weight excluding hydrogens is 276 g/mol. The van der Waals surface area contributed by atoms with Gasteiger partial charge >= 0.3 is 0 Å². The number of nitrogens with zero attached hydrogens (tertiary/aromatic N) is 1. The molecule has 1 saturated heterocycles. The van der Waals surface area contributed by atoms with E-state index in [0.717, 1.165) is 43.8 Å². The number of nitrogens with one attached hydrogen (secondary N) is 1. The van der Waals surface area contributed by atoms with Crippen LogP contribution in [0.2, 0.25) is 0 Å². The van der Waals surface area contributed by atoms with Crippen molar-refractivity contribution in [2.24, 2.45) is 11.3 Å². The first-order chi connectivity index (χ1) is 10.6. The zero-order chi connectivity index (χ0) is 15.7. The van der Waals surface area contributed by atoms with Crippen molar-refractivity contribution in [2.75, 3.05) is 26.7 Å². The summed E-state index contributed by atoms with van der Waals surface area (Å²) in [7, 11) is 1.69. The van der Waals surface area contributed by atoms with Crippen LogP contribution in [0.3, 0.4) is 0 Å². The minimum Gasteiger partial charge on any atom is -0.496 e. The molecule has 1 aliphatic carbocycles. The third kappa shape index (κ3) is 2.60. The highest BCUT2D eigenvalue weighted by molar-refractivity contribution is 5.83. The second-order valence-electron chi connectivity index (χ2n) is 6.76. The van der Waals surface area contributed by atoms with Crippen LogP contribution in [0.4, 0.5) is 0 Å². The Morgan fingerprint density at radius 1 is 1.45 bits per heavy atom. The van der Waals surface area contributed by atoms with Gasteiger partial charge in [0.25, 0.3) is 0 Å². The van der Waals surface area contributed by atoms with Crippen LogP contribution in [-0.2, 0) is 4.79 Å². The number of rotatable bonds is 4. The van der Waals surface area contributed by atoms with Crippen LogP contribution >= 0.6 is 0 Å². The molecule has 0 aromatic heterocycles. The van der Waals surface area contributed by atoms with E-state index in [9.17, 15) is 4.79 Å². The van der Waals surface area contributed by atoms with Gasteiger partial charge in [-0.3, -0.25) is 4.79 Å². The van der Waals surface area contributed by atoms with Gasteiger partial charge in [-0.2, -0.15) is 0 Å². The summed E-state index contributed by atoms with van der Waals surface area (Å²) in [4.78, 5) is 15.0. The van der Waals surface area contributed by atoms with Crippen LogP contribution in [0.25, 0.3) is 0 Å². The zero-order valence-electron chi connectivity index (χ0n) is 13.8. The summed E-state index contributed by atoms with van der Waals surface area (Å²) < 4.78 is 5.50. The van der Waals surface area contributed by atoms with Crippen LogP contribution in [-0.4, -0.2) is 37.6 Å². The highest BCUT2D eigenvalue weighted by atomic mass is 16.5. The van der Waals surface area contributed by atoms with Crippen molar-refractivity contribution in [3.05, 3.63) is 29.8 Å². The fourth-order valence-electron chi connectivity index (χ4n) is 3.57. The summed E-state index contributed by atoms with van der Waals surface area (Å²) in [5.74, 6) is 1.39. The Balaban J connectivity index is 1.84. The quantitative estimate of drug-likeness (QED) is 0.929. The van der Waals surface area contributed by atoms with Crippen molar-refractivity contribution in [3.63, 3.8) is 0 Å². The number of benzene rings is 1. The highest BCUT2D eigenvalue weighted by Gasteiger charge is 2.55. The average molecular weight is 302 g/mol. The third-order valence-electron chi connectivity index (χ3n) is 5.48. The minimum atomic E-state index is 0.0686. The Morgan fingerprint density at radius 2 is 2.23 bits per heavy atom. The van der Waals surface area contributed by atoms with Crippen LogP contribution < -0.4 is 10.1 Å². The molecule has 1 aromatic rings. The fraction of sp³-hybridized carbons (Fsp3) is 0.611. The predicted molar refractivity (Wildman–Crippen MR) is 86.8 cm³/mol. The molecule has 1 N–H and O–H groups in total. The van der Waals surface area contributed by atoms with E-state index >= 15 is 0 Å². The molecular formula is C18H26N2O2. The van der Waals surface area contributed by atoms with Gasteiger partial charge in [-0.15, -0.1) is 0 Å². The third-order valence-corrected chi connectivity index (χ3v) is 5.48. The van der Waals surface area contributed by atoms with Gasteiger partial charge in [0, 0.05) is 31.1 Å². The SMILES string of the molecule is CCC1(C)CC1C(=O)N1CCNCC1c1ccccc1OC. The lowest BCUT2D eigenvalue weighted by Crippen LogP contribution is -2.49. The van der Waals surface area contributed by atoms with E-state index in [1.165, 1.54) is 0 Å². The maximum absolute atomic E-state index is 13.0. The van der Waals surface area contributed by atoms with Crippen molar-refractivity contribution in [1.29, 1.82) is 0 Å². The van der Waals surface area contributed by atoms with Crippen LogP contribution in [0.15, 0.2) is 24.3 Å². The molecule has 2 fully saturated rings. The molecule has 1 aliphatic heterocycles. The zero-order valence-corrected chi connectivity index (χ0v) is 13.8. The Hall–Kier alpha value is -1.55. The molecule has 3 rings (SSSR count). The van der Waals surface area contributed by atoms with Gasteiger partial charge < -0.3 is 15.0 Å². The molecule has 1 heterocycles. The van der Waals surface area contributed by atoms with E-state index in [2.05, 4.69) is 30.1 Å². The first kappa shape index (κ1) is 15.3. The van der Waals surface area contributed by atoms with Crippen molar-refractivity contribution in [3.8, 4) is 5.75 Å². The van der Waals surface area contributed by atoms with E-state index in [0.29, 0.717) is 5.91 Å². The number of carbonyl (C=O) groups excluding carboxylic acids is 1. The van der Waals surface area contributed by atoms with E-state index in [-0.39, 0.29) is 17.4 Å². The van der Waals surface area contributed by atoms with Gasteiger partial charge in [0.05, 0.1) is 13.2 Å². The second kappa shape index (κ2) is 5.92. The molecule has 4 nitrogen and oxygen atoms in total. The summed E-state index contributed by atoms with van der Waals surface area (Å²) in [5, 5.41) is 3.41. The standard InChI is InChI=1S/C18H26N2O2/c1-4-18(2)11-14(18)17(21)20-10-9-19-12-15(20)13-7-5-6-8-16(13)22-3/h5-8,14-15,19H,4,9-12H2,1-3H3. The first-order valence-corrected chi connectivity index (χ1v) is 8.25. The molecule has 0 bridgehead atoms. The maximum Gasteiger partial charge on any atom is 0.226 e. The fourth-order valence-corrected chi connectivity index (χ4v) is 3.57. The maximum atomic E-state index is 13.0. The number of ether oxygens (including phenoxy) is 1. The summed E-state index contributed by atoms with van der Waals surface area (Å²) in [6, 6.07) is 8.10. The molecule has 1 aromatic carbocycles. The lowest BCUT2D eigenvalue weighted by atomic mass is 9.99. The number of amides is 1. The normalized spacial score (nSPS) is 31.0. The summed E-state index contributed by atoms with van der Waals surface area (Å²) in [6.07, 6.45) is 2.11. The van der Waals surface area contributed by atoms with E-state index in [1.54, 1.807) is 7.11 Å². The summed E-state index contributed by atoms with van der Waals surface area (Å²) >= 11 is 0. The Labute approximate surface area is 132 Å². The molecule has 3 atom stereocenters. The molecule has 22 heavy (non-hydrogen) atoms. The van der Waals surface area contributed by atoms with Crippen LogP contribution in [0.1, 0.15) is 38.3 Å². The van der Waals surface area contributed by atoms with Crippen LogP contribution in [0.5, 0.6) is 5.75 Å². The van der Waals surface area contributed by atoms with Gasteiger partial charge in [0.15, 0.2) is 0 Å². The number of hydrogen-bond acceptors (Lipinski definition) is 3. The smallest absolute Gasteiger partial charge is 0.226 e. The number of piperazine rings is 1. The number of para-hydroxylation sites is 1. The minimum absolute atomic E-state index is 0.0686. The topological polar surface area (TPSA) is 41.6 Å². The molecule has 120 valence electrons. The predicted octanol–water partition coefficient (Wildman–Crippen LogP) is 2.60. The number of hydrogen-bond donors (Lipinski definition) is 1. The molecule has 1 saturated carbocycles. The van der Waals surface area contributed by atoms with E-state index < -0.39 is 0 Å². The van der Waals surface area contributed by atoms with Crippen molar-refractivity contribution in [2.45, 2.75) is 32.7 Å². The van der Waals surface area contributed by atoms with Gasteiger partial charge in [0.2, 0.25) is 5.91 Å². The van der Waals surface area contributed by atoms with E-state index in [4.69, 9.17) is 4.74 Å². The molecule has 0 spiro atoms. The van der Waals surface area contributed by atoms with Crippen molar-refractivity contribution < 1.29 is 9.53 Å². The summed E-state index contributed by atoms with van der Waals surface area (Å²) in [6.45, 7) is 6.85. The van der Waals surface area contributed by atoms with Gasteiger partial charge in [0.1, 0.15) is 5.75 Å². The number of carbonyl (C=O) groups is 1. The largest absolute Gasteiger partial charge is 0.496 e. The molecule has 0 radical (unpaired) electrons.